The van der Waals surface area contributed by atoms with Gasteiger partial charge in [0.2, 0.25) is 0 Å². The topological polar surface area (TPSA) is 265 Å². The first-order chi connectivity index (χ1) is 37.3. The maximum atomic E-state index is 11.7. The van der Waals surface area contributed by atoms with Gasteiger partial charge in [-0.2, -0.15) is 0 Å². The number of phenols is 6. The number of amides is 3. The van der Waals surface area contributed by atoms with E-state index in [-0.39, 0.29) is 49.8 Å². The smallest absolute Gasteiger partial charge is 0.410 e. The first-order valence-corrected chi connectivity index (χ1v) is 25.6. The van der Waals surface area contributed by atoms with Crippen molar-refractivity contribution in [3.63, 3.8) is 0 Å². The molecule has 3 amide bonds. The van der Waals surface area contributed by atoms with E-state index in [1.54, 1.807) is 132 Å². The lowest BCUT2D eigenvalue weighted by Gasteiger charge is -2.24. The van der Waals surface area contributed by atoms with Crippen LogP contribution in [0.1, 0.15) is 109 Å². The summed E-state index contributed by atoms with van der Waals surface area (Å²) < 4.78 is 15.6. The summed E-state index contributed by atoms with van der Waals surface area (Å²) in [5.41, 5.74) is 9.10. The molecule has 0 fully saturated rings. The normalized spacial score (nSPS) is 10.4. The molecule has 6 rings (SSSR count). The van der Waals surface area contributed by atoms with Gasteiger partial charge in [0.25, 0.3) is 0 Å². The summed E-state index contributed by atoms with van der Waals surface area (Å²) in [7, 11) is 7.38. The number of aromatic hydroxyl groups is 6. The molecule has 0 spiro atoms. The molecule has 0 aliphatic rings. The minimum Gasteiger partial charge on any atom is -0.508 e. The van der Waals surface area contributed by atoms with Gasteiger partial charge in [0.15, 0.2) is 0 Å². The summed E-state index contributed by atoms with van der Waals surface area (Å²) in [5.74, 6) is 1.36. The summed E-state index contributed by atoms with van der Waals surface area (Å²) in [4.78, 5) is 49.8. The van der Waals surface area contributed by atoms with Crippen molar-refractivity contribution in [1.29, 1.82) is 0 Å². The number of hydrogen-bond donors (Lipinski definition) is 8. The van der Waals surface area contributed by atoms with E-state index in [0.717, 1.165) is 34.4 Å². The second-order valence-electron chi connectivity index (χ2n) is 21.3. The Hall–Kier alpha value is -8.48. The molecule has 6 aromatic rings. The Labute approximate surface area is 481 Å². The molecule has 0 heterocycles. The molecule has 0 radical (unpaired) electrons. The van der Waals surface area contributed by atoms with Gasteiger partial charge in [-0.15, -0.1) is 0 Å². The first-order valence-electron chi connectivity index (χ1n) is 25.6. The van der Waals surface area contributed by atoms with Crippen molar-refractivity contribution in [2.45, 2.75) is 119 Å². The molecule has 0 atom stereocenters. The zero-order valence-electron chi connectivity index (χ0n) is 48.6. The number of nitrogens with two attached hydrogens (primary N) is 1. The van der Waals surface area contributed by atoms with Crippen LogP contribution in [0.4, 0.5) is 14.4 Å². The van der Waals surface area contributed by atoms with Crippen LogP contribution in [0.2, 0.25) is 0 Å². The number of nitrogens with one attached hydrogen (secondary N) is 1. The highest BCUT2D eigenvalue weighted by molar-refractivity contribution is 5.75. The maximum absolute atomic E-state index is 11.7. The van der Waals surface area contributed by atoms with Crippen LogP contribution in [-0.2, 0) is 46.8 Å². The van der Waals surface area contributed by atoms with E-state index in [2.05, 4.69) is 10.2 Å². The molecular weight excluding hydrogens is 1030 g/mol. The van der Waals surface area contributed by atoms with E-state index in [0.29, 0.717) is 50.2 Å². The zero-order valence-corrected chi connectivity index (χ0v) is 48.6. The molecule has 0 aliphatic heterocycles. The summed E-state index contributed by atoms with van der Waals surface area (Å²) in [6.07, 6.45) is 0.212. The molecule has 18 nitrogen and oxygen atoms in total. The number of likely N-dealkylation sites (N-methyl/N-ethyl adjacent to an activating group) is 1. The molecule has 18 heteroatoms. The van der Waals surface area contributed by atoms with Crippen molar-refractivity contribution in [2.24, 2.45) is 5.73 Å². The van der Waals surface area contributed by atoms with Gasteiger partial charge in [-0.05, 0) is 183 Å². The van der Waals surface area contributed by atoms with Crippen molar-refractivity contribution >= 4 is 24.6 Å². The summed E-state index contributed by atoms with van der Waals surface area (Å²) in [6, 6.07) is 41.0. The Morgan fingerprint density at radius 2 is 0.840 bits per heavy atom. The van der Waals surface area contributed by atoms with E-state index in [4.69, 9.17) is 35.3 Å². The number of rotatable bonds is 11. The molecule has 0 saturated heterocycles. The van der Waals surface area contributed by atoms with Gasteiger partial charge in [0.1, 0.15) is 57.6 Å². The summed E-state index contributed by atoms with van der Waals surface area (Å²) in [6.45, 7) is 19.1. The molecular formula is C63H91N5O13. The number of aldehydes is 1. The molecule has 0 bridgehead atoms. The Morgan fingerprint density at radius 1 is 0.494 bits per heavy atom. The van der Waals surface area contributed by atoms with Gasteiger partial charge < -0.3 is 70.6 Å². The van der Waals surface area contributed by atoms with Crippen LogP contribution in [0.15, 0.2) is 146 Å². The standard InChI is InChI=1S/C14H21NO3.C13H19NO3.C12H17NO3.C9H13NO.C7H9NO.C7H6O2.CH4.H2/c1-14(2,3)18-13(17)15(4)9-8-11-6-5-7-12(16)10-11;1-13(2,3)17-12(16)14(4)9-10-6-5-7-11(15)8-10;1-12(2,3)16-11(15)13-8-9-5-4-6-10(14)7-9;1-10(2)7-8-4-3-5-9(11)6-8;2*8-5-6-2-1-3-7(9)4-6;;/h5-7,10,16H,8-9H2,1-4H3;5-8,15H,9H2,1-4H3;4-7,14H,8H2,1-3H3,(H,13,15);3-6,11H,7H2,1-2H3;1-4,9H,5,8H2;1-5,9H;1H4;1H/i;;;;;;;1+1. The largest absolute Gasteiger partial charge is 0.508 e. The van der Waals surface area contributed by atoms with Crippen molar-refractivity contribution in [2.75, 3.05) is 34.7 Å². The minimum atomic E-state index is -0.497. The lowest BCUT2D eigenvalue weighted by atomic mass is 10.1. The Balaban J connectivity index is 0. The number of nitrogens with zero attached hydrogens (tertiary/aromatic N) is 3. The number of phenolic OH excluding ortho intramolecular Hbond substituents is 6. The lowest BCUT2D eigenvalue weighted by molar-refractivity contribution is 0.0280. The van der Waals surface area contributed by atoms with E-state index < -0.39 is 22.9 Å². The zero-order chi connectivity index (χ0) is 60.6. The van der Waals surface area contributed by atoms with Crippen LogP contribution in [-0.4, -0.2) is 121 Å². The Morgan fingerprint density at radius 3 is 1.21 bits per heavy atom. The number of carbonyl (C=O) groups excluding carboxylic acids is 4. The highest BCUT2D eigenvalue weighted by atomic mass is 16.6. The summed E-state index contributed by atoms with van der Waals surface area (Å²) >= 11 is 0. The van der Waals surface area contributed by atoms with Gasteiger partial charge in [-0.3, -0.25) is 4.79 Å². The molecule has 446 valence electrons. The van der Waals surface area contributed by atoms with E-state index in [9.17, 15) is 34.5 Å². The van der Waals surface area contributed by atoms with Crippen molar-refractivity contribution in [3.05, 3.63) is 179 Å². The number of carbonyl (C=O) groups is 4. The quantitative estimate of drug-likeness (QED) is 0.0443. The fourth-order valence-electron chi connectivity index (χ4n) is 6.23. The maximum Gasteiger partial charge on any atom is 0.410 e. The molecule has 0 aromatic heterocycles. The van der Waals surface area contributed by atoms with Crippen LogP contribution in [0.5, 0.6) is 34.5 Å². The third-order valence-corrected chi connectivity index (χ3v) is 9.70. The van der Waals surface area contributed by atoms with Crippen LogP contribution >= 0.6 is 0 Å². The van der Waals surface area contributed by atoms with E-state index in [1.165, 1.54) is 21.9 Å². The number of ether oxygens (including phenoxy) is 3. The Bertz CT molecular complexity index is 2790. The lowest BCUT2D eigenvalue weighted by Crippen LogP contribution is -2.35. The second kappa shape index (κ2) is 36.6. The number of alkyl carbamates (subject to hydrolysis) is 1. The number of benzene rings is 6. The molecule has 9 N–H and O–H groups in total. The van der Waals surface area contributed by atoms with Crippen LogP contribution in [0, 0.1) is 0 Å². The first kappa shape index (κ1) is 72.5. The highest BCUT2D eigenvalue weighted by Gasteiger charge is 2.21. The number of hydrogen-bond acceptors (Lipinski definition) is 15. The van der Waals surface area contributed by atoms with Crippen LogP contribution in [0.25, 0.3) is 0 Å². The molecule has 0 saturated carbocycles. The SMILES string of the molecule is C.CC(C)(C)OC(=O)NCc1cccc(O)c1.CN(C)Cc1cccc(O)c1.CN(CCc1cccc(O)c1)C(=O)OC(C)(C)C.CN(Cc1cccc(O)c1)C(=O)OC(C)(C)C.NCc1cccc(O)c1.O=Cc1cccc(O)c1.[2HH]. The fraction of sp³-hybridized carbons (Fsp3) is 0.365. The van der Waals surface area contributed by atoms with Crippen molar-refractivity contribution in [1.82, 2.24) is 20.0 Å². The third-order valence-electron chi connectivity index (χ3n) is 9.70. The van der Waals surface area contributed by atoms with Gasteiger partial charge >= 0.3 is 18.3 Å². The second-order valence-corrected chi connectivity index (χ2v) is 21.3. The monoisotopic (exact) mass is 1130 g/mol. The summed E-state index contributed by atoms with van der Waals surface area (Å²) in [5, 5.41) is 57.3. The molecule has 6 aromatic carbocycles. The highest BCUT2D eigenvalue weighted by Crippen LogP contribution is 2.18. The van der Waals surface area contributed by atoms with Gasteiger partial charge in [-0.25, -0.2) is 14.4 Å². The van der Waals surface area contributed by atoms with E-state index >= 15 is 0 Å². The van der Waals surface area contributed by atoms with Crippen LogP contribution in [0.3, 0.4) is 0 Å². The Kier molecular flexibility index (Phi) is 32.8. The van der Waals surface area contributed by atoms with Gasteiger partial charge in [-0.1, -0.05) is 80.2 Å². The third kappa shape index (κ3) is 37.1. The molecule has 0 aliphatic carbocycles. The fourth-order valence-corrected chi connectivity index (χ4v) is 6.23. The molecule has 0 unspecified atom stereocenters. The average Bonchev–Trinajstić information content (AvgIpc) is 3.35. The average molecular weight is 1130 g/mol. The van der Waals surface area contributed by atoms with Crippen molar-refractivity contribution in [3.8, 4) is 34.5 Å². The van der Waals surface area contributed by atoms with E-state index in [1.807, 2.05) is 92.0 Å². The van der Waals surface area contributed by atoms with Gasteiger partial charge in [0, 0.05) is 53.8 Å². The van der Waals surface area contributed by atoms with Crippen molar-refractivity contribution < 1.29 is 65.5 Å². The predicted octanol–water partition coefficient (Wildman–Crippen LogP) is 12.4. The van der Waals surface area contributed by atoms with Crippen LogP contribution < -0.4 is 11.1 Å². The molecule has 81 heavy (non-hydrogen) atoms. The minimum absolute atomic E-state index is 0. The predicted molar refractivity (Wildman–Crippen MR) is 321 cm³/mol. The van der Waals surface area contributed by atoms with Gasteiger partial charge in [0.05, 0.1) is 0 Å².